The van der Waals surface area contributed by atoms with Crippen molar-refractivity contribution >= 4 is 21.7 Å². The quantitative estimate of drug-likeness (QED) is 0.793. The van der Waals surface area contributed by atoms with Crippen LogP contribution < -0.4 is 5.32 Å². The van der Waals surface area contributed by atoms with Gasteiger partial charge in [0, 0.05) is 12.5 Å². The molecular formula is C12H20BrN3O. The number of aryl methyl sites for hydroxylation is 1. The molecule has 0 radical (unpaired) electrons. The zero-order chi connectivity index (χ0) is 12.8. The molecule has 0 amide bonds. The van der Waals surface area contributed by atoms with E-state index < -0.39 is 0 Å². The third kappa shape index (κ3) is 5.00. The molecular weight excluding hydrogens is 282 g/mol. The SMILES string of the molecule is CCc1nc(Br)cc(NC(CO)CC(C)C)n1. The predicted octanol–water partition coefficient (Wildman–Crippen LogP) is 2.62. The minimum Gasteiger partial charge on any atom is -0.394 e. The van der Waals surface area contributed by atoms with Gasteiger partial charge in [0.1, 0.15) is 16.2 Å². The lowest BCUT2D eigenvalue weighted by atomic mass is 10.0. The van der Waals surface area contributed by atoms with Crippen LogP contribution in [0.3, 0.4) is 0 Å². The third-order valence-electron chi connectivity index (χ3n) is 2.39. The van der Waals surface area contributed by atoms with E-state index in [1.54, 1.807) is 0 Å². The summed E-state index contributed by atoms with van der Waals surface area (Å²) >= 11 is 3.36. The number of nitrogens with zero attached hydrogens (tertiary/aromatic N) is 2. The Labute approximate surface area is 111 Å². The summed E-state index contributed by atoms with van der Waals surface area (Å²) in [4.78, 5) is 8.63. The minimum atomic E-state index is 0.0431. The topological polar surface area (TPSA) is 58.0 Å². The van der Waals surface area contributed by atoms with Crippen molar-refractivity contribution in [1.29, 1.82) is 0 Å². The van der Waals surface area contributed by atoms with Gasteiger partial charge < -0.3 is 10.4 Å². The minimum absolute atomic E-state index is 0.0431. The summed E-state index contributed by atoms with van der Waals surface area (Å²) in [5, 5.41) is 12.6. The van der Waals surface area contributed by atoms with Crippen molar-refractivity contribution in [3.8, 4) is 0 Å². The monoisotopic (exact) mass is 301 g/mol. The van der Waals surface area contributed by atoms with Gasteiger partial charge in [0.15, 0.2) is 0 Å². The van der Waals surface area contributed by atoms with Crippen molar-refractivity contribution in [3.05, 3.63) is 16.5 Å². The van der Waals surface area contributed by atoms with E-state index >= 15 is 0 Å². The molecule has 1 unspecified atom stereocenters. The molecule has 0 aliphatic carbocycles. The number of aromatic nitrogens is 2. The van der Waals surface area contributed by atoms with E-state index in [4.69, 9.17) is 0 Å². The van der Waals surface area contributed by atoms with E-state index in [9.17, 15) is 5.11 Å². The van der Waals surface area contributed by atoms with Crippen LogP contribution in [0, 0.1) is 5.92 Å². The van der Waals surface area contributed by atoms with E-state index in [0.29, 0.717) is 5.92 Å². The van der Waals surface area contributed by atoms with E-state index in [-0.39, 0.29) is 12.6 Å². The van der Waals surface area contributed by atoms with Crippen molar-refractivity contribution in [1.82, 2.24) is 9.97 Å². The lowest BCUT2D eigenvalue weighted by Crippen LogP contribution is -2.26. The summed E-state index contributed by atoms with van der Waals surface area (Å²) in [6, 6.07) is 1.88. The van der Waals surface area contributed by atoms with Gasteiger partial charge in [0.05, 0.1) is 12.6 Å². The normalized spacial score (nSPS) is 12.8. The van der Waals surface area contributed by atoms with E-state index in [1.807, 2.05) is 13.0 Å². The molecule has 0 bridgehead atoms. The largest absolute Gasteiger partial charge is 0.394 e. The number of aliphatic hydroxyl groups excluding tert-OH is 1. The molecule has 1 aromatic rings. The first-order valence-corrected chi connectivity index (χ1v) is 6.75. The molecule has 0 spiro atoms. The molecule has 0 saturated heterocycles. The van der Waals surface area contributed by atoms with Crippen LogP contribution in [0.25, 0.3) is 0 Å². The highest BCUT2D eigenvalue weighted by atomic mass is 79.9. The van der Waals surface area contributed by atoms with Gasteiger partial charge in [-0.05, 0) is 28.3 Å². The summed E-state index contributed by atoms with van der Waals surface area (Å²) in [6.45, 7) is 6.40. The first kappa shape index (κ1) is 14.4. The fraction of sp³-hybridized carbons (Fsp3) is 0.667. The van der Waals surface area contributed by atoms with Gasteiger partial charge in [-0.25, -0.2) is 9.97 Å². The van der Waals surface area contributed by atoms with Gasteiger partial charge in [-0.3, -0.25) is 0 Å². The van der Waals surface area contributed by atoms with Crippen LogP contribution in [-0.4, -0.2) is 27.7 Å². The molecule has 1 aromatic heterocycles. The molecule has 0 saturated carbocycles. The smallest absolute Gasteiger partial charge is 0.131 e. The molecule has 1 heterocycles. The summed E-state index contributed by atoms with van der Waals surface area (Å²) in [7, 11) is 0. The lowest BCUT2D eigenvalue weighted by molar-refractivity contribution is 0.259. The Bertz CT molecular complexity index is 358. The molecule has 1 rings (SSSR count). The molecule has 0 aliphatic heterocycles. The van der Waals surface area contributed by atoms with Gasteiger partial charge in [-0.1, -0.05) is 20.8 Å². The Morgan fingerprint density at radius 3 is 2.65 bits per heavy atom. The lowest BCUT2D eigenvalue weighted by Gasteiger charge is -2.19. The Hall–Kier alpha value is -0.680. The van der Waals surface area contributed by atoms with Gasteiger partial charge in [0.25, 0.3) is 0 Å². The zero-order valence-electron chi connectivity index (χ0n) is 10.6. The molecule has 2 N–H and O–H groups in total. The van der Waals surface area contributed by atoms with Crippen molar-refractivity contribution in [3.63, 3.8) is 0 Å². The highest BCUT2D eigenvalue weighted by molar-refractivity contribution is 9.10. The van der Waals surface area contributed by atoms with Gasteiger partial charge in [-0.2, -0.15) is 0 Å². The molecule has 4 nitrogen and oxygen atoms in total. The Morgan fingerprint density at radius 2 is 2.12 bits per heavy atom. The van der Waals surface area contributed by atoms with Crippen LogP contribution in [0.1, 0.15) is 33.0 Å². The Balaban J connectivity index is 2.74. The Kier molecular flexibility index (Phi) is 5.85. The van der Waals surface area contributed by atoms with Gasteiger partial charge >= 0.3 is 0 Å². The second kappa shape index (κ2) is 6.91. The second-order valence-corrected chi connectivity index (χ2v) is 5.31. The van der Waals surface area contributed by atoms with Crippen molar-refractivity contribution in [2.75, 3.05) is 11.9 Å². The van der Waals surface area contributed by atoms with Crippen LogP contribution in [-0.2, 0) is 6.42 Å². The first-order valence-electron chi connectivity index (χ1n) is 5.96. The molecule has 1 atom stereocenters. The van der Waals surface area contributed by atoms with Crippen molar-refractivity contribution < 1.29 is 5.11 Å². The first-order chi connectivity index (χ1) is 8.05. The third-order valence-corrected chi connectivity index (χ3v) is 2.79. The number of hydrogen-bond acceptors (Lipinski definition) is 4. The number of nitrogens with one attached hydrogen (secondary N) is 1. The van der Waals surface area contributed by atoms with Crippen LogP contribution in [0.5, 0.6) is 0 Å². The molecule has 96 valence electrons. The highest BCUT2D eigenvalue weighted by Crippen LogP contribution is 2.15. The standard InChI is InChI=1S/C12H20BrN3O/c1-4-11-15-10(13)6-12(16-11)14-9(7-17)5-8(2)3/h6,8-9,17H,4-5,7H2,1-3H3,(H,14,15,16). The molecule has 17 heavy (non-hydrogen) atoms. The fourth-order valence-electron chi connectivity index (χ4n) is 1.65. The zero-order valence-corrected chi connectivity index (χ0v) is 12.2. The number of rotatable bonds is 6. The second-order valence-electron chi connectivity index (χ2n) is 4.50. The summed E-state index contributed by atoms with van der Waals surface area (Å²) < 4.78 is 0.771. The summed E-state index contributed by atoms with van der Waals surface area (Å²) in [5.74, 6) is 2.10. The van der Waals surface area contributed by atoms with Crippen LogP contribution in [0.15, 0.2) is 10.7 Å². The molecule has 0 aromatic carbocycles. The van der Waals surface area contributed by atoms with Crippen LogP contribution in [0.2, 0.25) is 0 Å². The van der Waals surface area contributed by atoms with E-state index in [0.717, 1.165) is 29.1 Å². The Morgan fingerprint density at radius 1 is 1.41 bits per heavy atom. The van der Waals surface area contributed by atoms with Crippen molar-refractivity contribution in [2.24, 2.45) is 5.92 Å². The van der Waals surface area contributed by atoms with Crippen LogP contribution >= 0.6 is 15.9 Å². The summed E-state index contributed by atoms with van der Waals surface area (Å²) in [5.41, 5.74) is 0. The maximum atomic E-state index is 9.31. The number of anilines is 1. The maximum absolute atomic E-state index is 9.31. The highest BCUT2D eigenvalue weighted by Gasteiger charge is 2.11. The van der Waals surface area contributed by atoms with Gasteiger partial charge in [0.2, 0.25) is 0 Å². The summed E-state index contributed by atoms with van der Waals surface area (Å²) in [6.07, 6.45) is 1.71. The molecule has 0 aliphatic rings. The average Bonchev–Trinajstić information content (AvgIpc) is 2.26. The number of aliphatic hydroxyl groups is 1. The van der Waals surface area contributed by atoms with Crippen molar-refractivity contribution in [2.45, 2.75) is 39.7 Å². The van der Waals surface area contributed by atoms with Crippen LogP contribution in [0.4, 0.5) is 5.82 Å². The van der Waals surface area contributed by atoms with E-state index in [2.05, 4.69) is 45.1 Å². The average molecular weight is 302 g/mol. The predicted molar refractivity (Wildman–Crippen MR) is 73.1 cm³/mol. The van der Waals surface area contributed by atoms with E-state index in [1.165, 1.54) is 0 Å². The maximum Gasteiger partial charge on any atom is 0.131 e. The number of halogens is 1. The number of hydrogen-bond donors (Lipinski definition) is 2. The fourth-order valence-corrected chi connectivity index (χ4v) is 2.08. The van der Waals surface area contributed by atoms with Gasteiger partial charge in [-0.15, -0.1) is 0 Å². The molecule has 0 fully saturated rings. The molecule has 5 heteroatoms.